The first-order valence-corrected chi connectivity index (χ1v) is 10.2. The van der Waals surface area contributed by atoms with Crippen LogP contribution in [0.2, 0.25) is 0 Å². The summed E-state index contributed by atoms with van der Waals surface area (Å²) in [6.45, 7) is 3.19. The van der Waals surface area contributed by atoms with E-state index in [0.29, 0.717) is 6.04 Å². The largest absolute Gasteiger partial charge is 0.310 e. The summed E-state index contributed by atoms with van der Waals surface area (Å²) in [5, 5.41) is 12.1. The minimum atomic E-state index is 0.508. The second-order valence-corrected chi connectivity index (χ2v) is 7.67. The van der Waals surface area contributed by atoms with Crippen LogP contribution in [0, 0.1) is 0 Å². The normalized spacial score (nSPS) is 12.6. The first-order valence-electron chi connectivity index (χ1n) is 10.2. The van der Waals surface area contributed by atoms with Crippen molar-refractivity contribution in [2.45, 2.75) is 45.2 Å². The average molecular weight is 373 g/mol. The maximum absolute atomic E-state index is 4.70. The highest BCUT2D eigenvalue weighted by molar-refractivity contribution is 5.82. The molecule has 1 N–H and O–H groups in total. The van der Waals surface area contributed by atoms with Crippen LogP contribution in [0.15, 0.2) is 60.9 Å². The summed E-state index contributed by atoms with van der Waals surface area (Å²) in [7, 11) is 2.03. The van der Waals surface area contributed by atoms with Gasteiger partial charge in [0.2, 0.25) is 0 Å². The van der Waals surface area contributed by atoms with E-state index in [1.165, 1.54) is 52.2 Å². The first kappa shape index (κ1) is 18.6. The second kappa shape index (κ2) is 8.53. The molecule has 0 aliphatic rings. The molecule has 2 aromatic heterocycles. The maximum atomic E-state index is 4.70. The van der Waals surface area contributed by atoms with Crippen LogP contribution in [0.5, 0.6) is 0 Å². The highest BCUT2D eigenvalue weighted by Gasteiger charge is 2.08. The number of benzene rings is 2. The van der Waals surface area contributed by atoms with E-state index in [-0.39, 0.29) is 0 Å². The maximum Gasteiger partial charge on any atom is 0.0703 e. The Morgan fingerprint density at radius 2 is 1.93 bits per heavy atom. The molecule has 4 aromatic rings. The van der Waals surface area contributed by atoms with Crippen LogP contribution >= 0.6 is 0 Å². The van der Waals surface area contributed by atoms with E-state index in [9.17, 15) is 0 Å². The lowest BCUT2D eigenvalue weighted by molar-refractivity contribution is 0.488. The van der Waals surface area contributed by atoms with Gasteiger partial charge in [-0.3, -0.25) is 9.67 Å². The fraction of sp³-hybridized carbons (Fsp3) is 0.333. The molecule has 0 bridgehead atoms. The summed E-state index contributed by atoms with van der Waals surface area (Å²) >= 11 is 0. The number of hydrogen-bond acceptors (Lipinski definition) is 3. The molecular weight excluding hydrogens is 344 g/mol. The Bertz CT molecular complexity index is 1070. The Hall–Kier alpha value is -2.72. The number of nitrogens with zero attached hydrogens (tertiary/aromatic N) is 3. The van der Waals surface area contributed by atoms with Crippen LogP contribution in [0.3, 0.4) is 0 Å². The molecule has 0 amide bonds. The zero-order valence-electron chi connectivity index (χ0n) is 16.7. The molecule has 2 heterocycles. The van der Waals surface area contributed by atoms with Crippen LogP contribution in [-0.2, 0) is 20.0 Å². The summed E-state index contributed by atoms with van der Waals surface area (Å²) in [5.74, 6) is 0. The van der Waals surface area contributed by atoms with Crippen molar-refractivity contribution in [2.24, 2.45) is 7.05 Å². The number of fused-ring (bicyclic) bond motifs is 2. The molecule has 0 unspecified atom stereocenters. The zero-order chi connectivity index (χ0) is 19.3. The van der Waals surface area contributed by atoms with Crippen molar-refractivity contribution in [1.29, 1.82) is 0 Å². The van der Waals surface area contributed by atoms with Crippen molar-refractivity contribution < 1.29 is 0 Å². The quantitative estimate of drug-likeness (QED) is 0.442. The molecule has 0 fully saturated rings. The number of unbranched alkanes of at least 4 members (excludes halogenated alkanes) is 1. The molecule has 0 radical (unpaired) electrons. The topological polar surface area (TPSA) is 42.7 Å². The van der Waals surface area contributed by atoms with Crippen LogP contribution in [0.4, 0.5) is 0 Å². The van der Waals surface area contributed by atoms with Crippen molar-refractivity contribution in [3.63, 3.8) is 0 Å². The molecule has 0 spiro atoms. The second-order valence-electron chi connectivity index (χ2n) is 7.67. The van der Waals surface area contributed by atoms with Gasteiger partial charge < -0.3 is 5.32 Å². The Balaban J connectivity index is 1.23. The molecule has 0 aliphatic heterocycles. The van der Waals surface area contributed by atoms with Gasteiger partial charge in [-0.15, -0.1) is 0 Å². The standard InChI is InChI=1S/C24H28N4/c1-18(26-16-19-11-12-21-17-25-14-13-20(21)15-19)7-3-5-9-23-22-8-4-6-10-24(22)28(2)27-23/h4,6,8,10-15,17-18,26H,3,5,7,9,16H2,1-2H3/t18-/m1/s1. The number of nitrogens with one attached hydrogen (secondary N) is 1. The van der Waals surface area contributed by atoms with Gasteiger partial charge in [0, 0.05) is 42.8 Å². The molecule has 0 aliphatic carbocycles. The average Bonchev–Trinajstić information content (AvgIpc) is 3.05. The van der Waals surface area contributed by atoms with Gasteiger partial charge in [0.1, 0.15) is 0 Å². The van der Waals surface area contributed by atoms with Gasteiger partial charge in [0.05, 0.1) is 11.2 Å². The predicted molar refractivity (Wildman–Crippen MR) is 116 cm³/mol. The number of para-hydroxylation sites is 1. The van der Waals surface area contributed by atoms with Crippen molar-refractivity contribution in [3.05, 3.63) is 72.2 Å². The summed E-state index contributed by atoms with van der Waals surface area (Å²) in [6, 6.07) is 17.7. The van der Waals surface area contributed by atoms with Crippen molar-refractivity contribution in [2.75, 3.05) is 0 Å². The van der Waals surface area contributed by atoms with Gasteiger partial charge in [0.15, 0.2) is 0 Å². The third-order valence-electron chi connectivity index (χ3n) is 5.49. The van der Waals surface area contributed by atoms with E-state index in [2.05, 4.69) is 65.8 Å². The van der Waals surface area contributed by atoms with E-state index in [1.54, 1.807) is 0 Å². The fourth-order valence-corrected chi connectivity index (χ4v) is 3.85. The molecule has 0 saturated heterocycles. The summed E-state index contributed by atoms with van der Waals surface area (Å²) in [4.78, 5) is 4.18. The van der Waals surface area contributed by atoms with Crippen molar-refractivity contribution in [3.8, 4) is 0 Å². The van der Waals surface area contributed by atoms with Crippen molar-refractivity contribution in [1.82, 2.24) is 20.1 Å². The lowest BCUT2D eigenvalue weighted by Crippen LogP contribution is -2.25. The summed E-state index contributed by atoms with van der Waals surface area (Å²) in [6.07, 6.45) is 8.39. The summed E-state index contributed by atoms with van der Waals surface area (Å²) < 4.78 is 1.99. The number of aryl methyl sites for hydroxylation is 2. The number of rotatable bonds is 8. The molecule has 4 rings (SSSR count). The minimum absolute atomic E-state index is 0.508. The molecule has 28 heavy (non-hydrogen) atoms. The van der Waals surface area contributed by atoms with E-state index in [0.717, 1.165) is 13.0 Å². The van der Waals surface area contributed by atoms with Gasteiger partial charge in [-0.1, -0.05) is 36.8 Å². The Morgan fingerprint density at radius 3 is 2.86 bits per heavy atom. The SMILES string of the molecule is C[C@H](CCCCc1nn(C)c2ccccc12)NCc1ccc2cnccc2c1. The highest BCUT2D eigenvalue weighted by Crippen LogP contribution is 2.19. The smallest absolute Gasteiger partial charge is 0.0703 e. The molecule has 1 atom stereocenters. The predicted octanol–water partition coefficient (Wildman–Crippen LogP) is 5.01. The monoisotopic (exact) mass is 372 g/mol. The molecular formula is C24H28N4. The van der Waals surface area contributed by atoms with Gasteiger partial charge in [0.25, 0.3) is 0 Å². The molecule has 2 aromatic carbocycles. The Kier molecular flexibility index (Phi) is 5.68. The Morgan fingerprint density at radius 1 is 1.04 bits per heavy atom. The van der Waals surface area contributed by atoms with E-state index in [4.69, 9.17) is 5.10 Å². The molecule has 4 heteroatoms. The third kappa shape index (κ3) is 4.23. The number of pyridine rings is 1. The minimum Gasteiger partial charge on any atom is -0.310 e. The molecule has 0 saturated carbocycles. The Labute approximate surface area is 166 Å². The van der Waals surface area contributed by atoms with Crippen LogP contribution in [0.25, 0.3) is 21.7 Å². The zero-order valence-corrected chi connectivity index (χ0v) is 16.7. The molecule has 4 nitrogen and oxygen atoms in total. The summed E-state index contributed by atoms with van der Waals surface area (Å²) in [5.41, 5.74) is 3.77. The van der Waals surface area contributed by atoms with E-state index >= 15 is 0 Å². The fourth-order valence-electron chi connectivity index (χ4n) is 3.85. The number of hydrogen-bond donors (Lipinski definition) is 1. The molecule has 144 valence electrons. The van der Waals surface area contributed by atoms with Gasteiger partial charge in [-0.2, -0.15) is 5.10 Å². The van der Waals surface area contributed by atoms with Gasteiger partial charge in [-0.05, 0) is 55.3 Å². The first-order chi connectivity index (χ1) is 13.7. The van der Waals surface area contributed by atoms with Gasteiger partial charge >= 0.3 is 0 Å². The van der Waals surface area contributed by atoms with Crippen LogP contribution in [0.1, 0.15) is 37.4 Å². The van der Waals surface area contributed by atoms with Gasteiger partial charge in [-0.25, -0.2) is 0 Å². The van der Waals surface area contributed by atoms with Crippen molar-refractivity contribution >= 4 is 21.7 Å². The van der Waals surface area contributed by atoms with Crippen LogP contribution < -0.4 is 5.32 Å². The lowest BCUT2D eigenvalue weighted by atomic mass is 10.1. The van der Waals surface area contributed by atoms with E-state index < -0.39 is 0 Å². The number of aromatic nitrogens is 3. The third-order valence-corrected chi connectivity index (χ3v) is 5.49. The van der Waals surface area contributed by atoms with Crippen LogP contribution in [-0.4, -0.2) is 20.8 Å². The highest BCUT2D eigenvalue weighted by atomic mass is 15.3. The van der Waals surface area contributed by atoms with E-state index in [1.807, 2.05) is 24.1 Å². The lowest BCUT2D eigenvalue weighted by Gasteiger charge is -2.14.